The van der Waals surface area contributed by atoms with Crippen molar-refractivity contribution in [1.82, 2.24) is 0 Å². The molecule has 110 valence electrons. The molecule has 21 heavy (non-hydrogen) atoms. The summed E-state index contributed by atoms with van der Waals surface area (Å²) in [5.74, 6) is 0.00534. The van der Waals surface area contributed by atoms with E-state index in [9.17, 15) is 9.18 Å². The molecule has 0 spiro atoms. The van der Waals surface area contributed by atoms with E-state index in [-0.39, 0.29) is 11.7 Å². The van der Waals surface area contributed by atoms with E-state index in [0.717, 1.165) is 5.56 Å². The third kappa shape index (κ3) is 4.05. The van der Waals surface area contributed by atoms with Gasteiger partial charge in [-0.15, -0.1) is 0 Å². The number of aryl methyl sites for hydroxylation is 1. The van der Waals surface area contributed by atoms with Crippen molar-refractivity contribution in [1.29, 1.82) is 0 Å². The number of nitrogens with one attached hydrogen (secondary N) is 1. The number of halogens is 1. The quantitative estimate of drug-likeness (QED) is 0.905. The lowest BCUT2D eigenvalue weighted by Crippen LogP contribution is -2.32. The van der Waals surface area contributed by atoms with Gasteiger partial charge in [0.2, 0.25) is 0 Å². The maximum Gasteiger partial charge on any atom is 0.265 e. The number of carbonyl (C=O) groups excluding carboxylic acids is 1. The van der Waals surface area contributed by atoms with Crippen molar-refractivity contribution >= 4 is 11.6 Å². The number of hydrogen-bond acceptors (Lipinski definition) is 2. The highest BCUT2D eigenvalue weighted by Crippen LogP contribution is 2.19. The van der Waals surface area contributed by atoms with E-state index in [4.69, 9.17) is 4.74 Å². The van der Waals surface area contributed by atoms with Gasteiger partial charge in [-0.1, -0.05) is 31.2 Å². The van der Waals surface area contributed by atoms with Crippen molar-refractivity contribution in [3.05, 3.63) is 59.9 Å². The van der Waals surface area contributed by atoms with Crippen molar-refractivity contribution in [3.63, 3.8) is 0 Å². The summed E-state index contributed by atoms with van der Waals surface area (Å²) in [6.07, 6.45) is -0.0930. The van der Waals surface area contributed by atoms with Gasteiger partial charge in [-0.25, -0.2) is 4.39 Å². The molecule has 0 bridgehead atoms. The Kier molecular flexibility index (Phi) is 4.93. The van der Waals surface area contributed by atoms with Crippen LogP contribution in [0.25, 0.3) is 0 Å². The van der Waals surface area contributed by atoms with E-state index in [0.29, 0.717) is 17.9 Å². The van der Waals surface area contributed by atoms with Crippen LogP contribution in [0.2, 0.25) is 0 Å². The summed E-state index contributed by atoms with van der Waals surface area (Å²) in [5.41, 5.74) is 1.39. The second kappa shape index (κ2) is 6.88. The normalized spacial score (nSPS) is 11.8. The molecule has 0 fully saturated rings. The molecule has 1 N–H and O–H groups in total. The predicted octanol–water partition coefficient (Wildman–Crippen LogP) is 3.93. The van der Waals surface area contributed by atoms with Crippen LogP contribution in [0.1, 0.15) is 18.9 Å². The van der Waals surface area contributed by atoms with Gasteiger partial charge in [0.15, 0.2) is 6.10 Å². The number of benzene rings is 2. The summed E-state index contributed by atoms with van der Waals surface area (Å²) in [4.78, 5) is 12.2. The smallest absolute Gasteiger partial charge is 0.265 e. The second-order valence-electron chi connectivity index (χ2n) is 4.78. The third-order valence-corrected chi connectivity index (χ3v) is 3.12. The molecular weight excluding hydrogens is 269 g/mol. The highest BCUT2D eigenvalue weighted by molar-refractivity contribution is 5.94. The molecule has 0 saturated heterocycles. The SMILES string of the molecule is CC[C@H](Oc1ccccc1C)C(=O)Nc1cccc(F)c1. The monoisotopic (exact) mass is 287 g/mol. The summed E-state index contributed by atoms with van der Waals surface area (Å²) in [5, 5.41) is 2.67. The molecule has 4 heteroatoms. The second-order valence-corrected chi connectivity index (χ2v) is 4.78. The van der Waals surface area contributed by atoms with Gasteiger partial charge in [0.25, 0.3) is 5.91 Å². The zero-order valence-corrected chi connectivity index (χ0v) is 12.1. The number of amides is 1. The molecular formula is C17H18FNO2. The van der Waals surface area contributed by atoms with E-state index in [1.54, 1.807) is 12.1 Å². The molecule has 0 saturated carbocycles. The van der Waals surface area contributed by atoms with Gasteiger partial charge in [-0.05, 0) is 43.2 Å². The summed E-state index contributed by atoms with van der Waals surface area (Å²) in [6.45, 7) is 3.79. The minimum Gasteiger partial charge on any atom is -0.480 e. The summed E-state index contributed by atoms with van der Waals surface area (Å²) in [7, 11) is 0. The zero-order chi connectivity index (χ0) is 15.2. The maximum absolute atomic E-state index is 13.1. The Bertz CT molecular complexity index is 628. The lowest BCUT2D eigenvalue weighted by molar-refractivity contribution is -0.122. The Balaban J connectivity index is 2.07. The third-order valence-electron chi connectivity index (χ3n) is 3.12. The first-order valence-corrected chi connectivity index (χ1v) is 6.89. The van der Waals surface area contributed by atoms with Gasteiger partial charge >= 0.3 is 0 Å². The van der Waals surface area contributed by atoms with Crippen molar-refractivity contribution in [2.45, 2.75) is 26.4 Å². The molecule has 2 aromatic rings. The first-order chi connectivity index (χ1) is 10.1. The van der Waals surface area contributed by atoms with Crippen LogP contribution in [0.4, 0.5) is 10.1 Å². The van der Waals surface area contributed by atoms with Crippen LogP contribution in [-0.2, 0) is 4.79 Å². The average molecular weight is 287 g/mol. The van der Waals surface area contributed by atoms with Crippen molar-refractivity contribution in [3.8, 4) is 5.75 Å². The van der Waals surface area contributed by atoms with E-state index >= 15 is 0 Å². The van der Waals surface area contributed by atoms with E-state index in [2.05, 4.69) is 5.32 Å². The van der Waals surface area contributed by atoms with Gasteiger partial charge in [-0.2, -0.15) is 0 Å². The number of ether oxygens (including phenoxy) is 1. The van der Waals surface area contributed by atoms with Gasteiger partial charge in [0.05, 0.1) is 0 Å². The van der Waals surface area contributed by atoms with Crippen LogP contribution in [0.5, 0.6) is 5.75 Å². The van der Waals surface area contributed by atoms with E-state index < -0.39 is 6.10 Å². The standard InChI is InChI=1S/C17H18FNO2/c1-3-15(21-16-10-5-4-7-12(16)2)17(20)19-14-9-6-8-13(18)11-14/h4-11,15H,3H2,1-2H3,(H,19,20)/t15-/m0/s1. The van der Waals surface area contributed by atoms with Crippen molar-refractivity contribution in [2.75, 3.05) is 5.32 Å². The van der Waals surface area contributed by atoms with Gasteiger partial charge in [0, 0.05) is 5.69 Å². The Morgan fingerprint density at radius 1 is 1.24 bits per heavy atom. The number of carbonyl (C=O) groups is 1. The molecule has 3 nitrogen and oxygen atoms in total. The van der Waals surface area contributed by atoms with E-state index in [1.807, 2.05) is 38.1 Å². The molecule has 0 radical (unpaired) electrons. The molecule has 1 atom stereocenters. The number of rotatable bonds is 5. The fraction of sp³-hybridized carbons (Fsp3) is 0.235. The minimum absolute atomic E-state index is 0.286. The fourth-order valence-electron chi connectivity index (χ4n) is 1.95. The number of hydrogen-bond donors (Lipinski definition) is 1. The Labute approximate surface area is 123 Å². The number of para-hydroxylation sites is 1. The molecule has 2 aromatic carbocycles. The molecule has 2 rings (SSSR count). The van der Waals surface area contributed by atoms with Crippen LogP contribution in [-0.4, -0.2) is 12.0 Å². The maximum atomic E-state index is 13.1. The Morgan fingerprint density at radius 2 is 2.00 bits per heavy atom. The van der Waals surface area contributed by atoms with Crippen LogP contribution in [0.15, 0.2) is 48.5 Å². The first-order valence-electron chi connectivity index (χ1n) is 6.89. The molecule has 0 heterocycles. The highest BCUT2D eigenvalue weighted by atomic mass is 19.1. The largest absolute Gasteiger partial charge is 0.480 e. The zero-order valence-electron chi connectivity index (χ0n) is 12.1. The summed E-state index contributed by atoms with van der Waals surface area (Å²) in [6, 6.07) is 13.3. The van der Waals surface area contributed by atoms with Crippen molar-refractivity contribution in [2.24, 2.45) is 0 Å². The highest BCUT2D eigenvalue weighted by Gasteiger charge is 2.19. The van der Waals surface area contributed by atoms with Crippen LogP contribution >= 0.6 is 0 Å². The van der Waals surface area contributed by atoms with Gasteiger partial charge in [-0.3, -0.25) is 4.79 Å². The van der Waals surface area contributed by atoms with E-state index in [1.165, 1.54) is 12.1 Å². The molecule has 0 aliphatic rings. The average Bonchev–Trinajstić information content (AvgIpc) is 2.46. The summed E-state index contributed by atoms with van der Waals surface area (Å²) >= 11 is 0. The van der Waals surface area contributed by atoms with Crippen molar-refractivity contribution < 1.29 is 13.9 Å². The van der Waals surface area contributed by atoms with Crippen LogP contribution in [0, 0.1) is 12.7 Å². The minimum atomic E-state index is -0.616. The Morgan fingerprint density at radius 3 is 2.67 bits per heavy atom. The molecule has 0 aliphatic carbocycles. The lowest BCUT2D eigenvalue weighted by atomic mass is 10.2. The molecule has 0 aliphatic heterocycles. The summed E-state index contributed by atoms with van der Waals surface area (Å²) < 4.78 is 18.9. The number of anilines is 1. The topological polar surface area (TPSA) is 38.3 Å². The predicted molar refractivity (Wildman–Crippen MR) is 80.9 cm³/mol. The van der Waals surface area contributed by atoms with Crippen LogP contribution < -0.4 is 10.1 Å². The molecule has 0 aromatic heterocycles. The Hall–Kier alpha value is -2.36. The van der Waals surface area contributed by atoms with Crippen LogP contribution in [0.3, 0.4) is 0 Å². The fourth-order valence-corrected chi connectivity index (χ4v) is 1.95. The van der Waals surface area contributed by atoms with Gasteiger partial charge < -0.3 is 10.1 Å². The molecule has 0 unspecified atom stereocenters. The van der Waals surface area contributed by atoms with Gasteiger partial charge in [0.1, 0.15) is 11.6 Å². The first kappa shape index (κ1) is 15.0. The molecule has 1 amide bonds. The lowest BCUT2D eigenvalue weighted by Gasteiger charge is -2.18.